The average molecular weight is 295 g/mol. The summed E-state index contributed by atoms with van der Waals surface area (Å²) in [7, 11) is 0. The highest BCUT2D eigenvalue weighted by Gasteiger charge is 2.37. The van der Waals surface area contributed by atoms with Crippen LogP contribution in [0.3, 0.4) is 0 Å². The van der Waals surface area contributed by atoms with Gasteiger partial charge in [-0.3, -0.25) is 4.90 Å². The minimum atomic E-state index is 0.482. The van der Waals surface area contributed by atoms with Crippen molar-refractivity contribution in [3.05, 3.63) is 0 Å². The van der Waals surface area contributed by atoms with Gasteiger partial charge in [0, 0.05) is 25.2 Å². The van der Waals surface area contributed by atoms with Crippen molar-refractivity contribution in [1.29, 1.82) is 0 Å². The molecule has 2 aliphatic rings. The lowest BCUT2D eigenvalue weighted by Gasteiger charge is -2.47. The number of hydrogen-bond donors (Lipinski definition) is 1. The predicted octanol–water partition coefficient (Wildman–Crippen LogP) is 4.29. The maximum absolute atomic E-state index is 6.22. The van der Waals surface area contributed by atoms with Gasteiger partial charge in [-0.25, -0.2) is 0 Å². The van der Waals surface area contributed by atoms with Gasteiger partial charge in [0.2, 0.25) is 0 Å². The molecule has 0 aromatic rings. The minimum absolute atomic E-state index is 0.482. The van der Waals surface area contributed by atoms with E-state index in [1.54, 1.807) is 0 Å². The molecular weight excluding hydrogens is 256 g/mol. The first kappa shape index (κ1) is 17.3. The molecule has 21 heavy (non-hydrogen) atoms. The molecule has 1 heterocycles. The summed E-state index contributed by atoms with van der Waals surface area (Å²) in [6.07, 6.45) is 8.34. The molecule has 2 fully saturated rings. The molecule has 1 saturated carbocycles. The van der Waals surface area contributed by atoms with Crippen LogP contribution in [0.25, 0.3) is 0 Å². The van der Waals surface area contributed by atoms with Crippen LogP contribution in [0.5, 0.6) is 0 Å². The van der Waals surface area contributed by atoms with Gasteiger partial charge in [-0.05, 0) is 68.6 Å². The third-order valence-electron chi connectivity index (χ3n) is 6.37. The fourth-order valence-electron chi connectivity index (χ4n) is 4.75. The van der Waals surface area contributed by atoms with Crippen molar-refractivity contribution in [3.63, 3.8) is 0 Å². The smallest absolute Gasteiger partial charge is 0.0249 e. The molecule has 3 atom stereocenters. The second-order valence-corrected chi connectivity index (χ2v) is 9.01. The molecule has 0 aromatic heterocycles. The molecule has 2 rings (SSSR count). The van der Waals surface area contributed by atoms with Crippen LogP contribution in [-0.4, -0.2) is 30.1 Å². The second kappa shape index (κ2) is 7.00. The molecule has 1 aliphatic carbocycles. The van der Waals surface area contributed by atoms with Gasteiger partial charge < -0.3 is 5.73 Å². The van der Waals surface area contributed by atoms with Crippen molar-refractivity contribution >= 4 is 0 Å². The molecule has 2 heteroatoms. The van der Waals surface area contributed by atoms with E-state index in [0.29, 0.717) is 11.5 Å². The lowest BCUT2D eigenvalue weighted by atomic mass is 9.68. The standard InChI is InChI=1S/C19H38N2/c1-14-6-7-15(2)21(13-14)18(12-20)16-8-10-17(11-9-16)19(3,4)5/h14-18H,6-13,20H2,1-5H3. The Hall–Kier alpha value is -0.0800. The van der Waals surface area contributed by atoms with E-state index >= 15 is 0 Å². The molecule has 0 bridgehead atoms. The van der Waals surface area contributed by atoms with Crippen molar-refractivity contribution in [2.45, 2.75) is 85.2 Å². The van der Waals surface area contributed by atoms with Crippen molar-refractivity contribution in [3.8, 4) is 0 Å². The Bertz CT molecular complexity index is 312. The number of nitrogens with zero attached hydrogens (tertiary/aromatic N) is 1. The molecule has 124 valence electrons. The molecule has 2 N–H and O–H groups in total. The number of likely N-dealkylation sites (tertiary alicyclic amines) is 1. The topological polar surface area (TPSA) is 29.3 Å². The van der Waals surface area contributed by atoms with Crippen LogP contribution in [0.1, 0.15) is 73.1 Å². The highest BCUT2D eigenvalue weighted by molar-refractivity contribution is 4.91. The average Bonchev–Trinajstić information content (AvgIpc) is 2.43. The summed E-state index contributed by atoms with van der Waals surface area (Å²) in [5, 5.41) is 0. The van der Waals surface area contributed by atoms with Crippen LogP contribution in [-0.2, 0) is 0 Å². The SMILES string of the molecule is CC1CCC(C)N(C(CN)C2CCC(C(C)(C)C)CC2)C1. The summed E-state index contributed by atoms with van der Waals surface area (Å²) in [4.78, 5) is 2.76. The molecule has 1 aliphatic heterocycles. The summed E-state index contributed by atoms with van der Waals surface area (Å²) in [6.45, 7) is 14.2. The highest BCUT2D eigenvalue weighted by Crippen LogP contribution is 2.42. The number of rotatable bonds is 3. The lowest BCUT2D eigenvalue weighted by Crippen LogP contribution is -2.54. The van der Waals surface area contributed by atoms with Crippen molar-refractivity contribution in [2.24, 2.45) is 28.9 Å². The van der Waals surface area contributed by atoms with Crippen LogP contribution < -0.4 is 5.73 Å². The largest absolute Gasteiger partial charge is 0.329 e. The first-order valence-corrected chi connectivity index (χ1v) is 9.28. The fourth-order valence-corrected chi connectivity index (χ4v) is 4.75. The maximum Gasteiger partial charge on any atom is 0.0249 e. The number of nitrogens with two attached hydrogens (primary N) is 1. The van der Waals surface area contributed by atoms with Crippen LogP contribution in [0, 0.1) is 23.2 Å². The molecule has 0 radical (unpaired) electrons. The minimum Gasteiger partial charge on any atom is -0.329 e. The van der Waals surface area contributed by atoms with Crippen LogP contribution in [0.4, 0.5) is 0 Å². The predicted molar refractivity (Wildman–Crippen MR) is 92.3 cm³/mol. The fraction of sp³-hybridized carbons (Fsp3) is 1.00. The van der Waals surface area contributed by atoms with E-state index in [0.717, 1.165) is 30.3 Å². The Labute approximate surface area is 132 Å². The van der Waals surface area contributed by atoms with E-state index in [9.17, 15) is 0 Å². The van der Waals surface area contributed by atoms with Gasteiger partial charge in [0.25, 0.3) is 0 Å². The van der Waals surface area contributed by atoms with Crippen LogP contribution in [0.15, 0.2) is 0 Å². The normalized spacial score (nSPS) is 37.4. The van der Waals surface area contributed by atoms with Crippen LogP contribution in [0.2, 0.25) is 0 Å². The molecule has 2 nitrogen and oxygen atoms in total. The molecule has 3 unspecified atom stereocenters. The van der Waals surface area contributed by atoms with Gasteiger partial charge in [-0.2, -0.15) is 0 Å². The quantitative estimate of drug-likeness (QED) is 0.841. The van der Waals surface area contributed by atoms with Crippen molar-refractivity contribution in [1.82, 2.24) is 4.90 Å². The van der Waals surface area contributed by atoms with Gasteiger partial charge in [0.15, 0.2) is 0 Å². The van der Waals surface area contributed by atoms with Crippen LogP contribution >= 0.6 is 0 Å². The highest BCUT2D eigenvalue weighted by atomic mass is 15.2. The van der Waals surface area contributed by atoms with Crippen molar-refractivity contribution < 1.29 is 0 Å². The first-order chi connectivity index (χ1) is 9.82. The van der Waals surface area contributed by atoms with E-state index < -0.39 is 0 Å². The summed E-state index contributed by atoms with van der Waals surface area (Å²) in [5.74, 6) is 2.59. The zero-order valence-corrected chi connectivity index (χ0v) is 15.1. The summed E-state index contributed by atoms with van der Waals surface area (Å²) >= 11 is 0. The van der Waals surface area contributed by atoms with E-state index in [1.165, 1.54) is 45.1 Å². The van der Waals surface area contributed by atoms with Gasteiger partial charge >= 0.3 is 0 Å². The summed E-state index contributed by atoms with van der Waals surface area (Å²) in [6, 6.07) is 1.36. The molecule has 0 aromatic carbocycles. The third-order valence-corrected chi connectivity index (χ3v) is 6.37. The zero-order chi connectivity index (χ0) is 15.6. The lowest BCUT2D eigenvalue weighted by molar-refractivity contribution is 0.0268. The van der Waals surface area contributed by atoms with E-state index in [1.807, 2.05) is 0 Å². The summed E-state index contributed by atoms with van der Waals surface area (Å²) in [5.41, 5.74) is 6.70. The zero-order valence-electron chi connectivity index (χ0n) is 15.1. The number of piperidine rings is 1. The van der Waals surface area contributed by atoms with Gasteiger partial charge in [0.05, 0.1) is 0 Å². The Balaban J connectivity index is 1.96. The monoisotopic (exact) mass is 294 g/mol. The van der Waals surface area contributed by atoms with E-state index in [4.69, 9.17) is 5.73 Å². The maximum atomic E-state index is 6.22. The van der Waals surface area contributed by atoms with Gasteiger partial charge in [0.1, 0.15) is 0 Å². The first-order valence-electron chi connectivity index (χ1n) is 9.28. The Morgan fingerprint density at radius 3 is 2.14 bits per heavy atom. The molecular formula is C19H38N2. The second-order valence-electron chi connectivity index (χ2n) is 9.01. The van der Waals surface area contributed by atoms with Gasteiger partial charge in [-0.1, -0.05) is 27.7 Å². The summed E-state index contributed by atoms with van der Waals surface area (Å²) < 4.78 is 0. The molecule has 1 saturated heterocycles. The number of hydrogen-bond acceptors (Lipinski definition) is 2. The van der Waals surface area contributed by atoms with Crippen molar-refractivity contribution in [2.75, 3.05) is 13.1 Å². The molecule has 0 spiro atoms. The Kier molecular flexibility index (Phi) is 5.76. The Morgan fingerprint density at radius 2 is 1.62 bits per heavy atom. The van der Waals surface area contributed by atoms with E-state index in [-0.39, 0.29) is 0 Å². The van der Waals surface area contributed by atoms with Gasteiger partial charge in [-0.15, -0.1) is 0 Å². The molecule has 0 amide bonds. The third kappa shape index (κ3) is 4.22. The van der Waals surface area contributed by atoms with E-state index in [2.05, 4.69) is 39.5 Å². The Morgan fingerprint density at radius 1 is 1.00 bits per heavy atom.